The number of rotatable bonds is 7. The van der Waals surface area contributed by atoms with Gasteiger partial charge < -0.3 is 20.1 Å². The Kier molecular flexibility index (Phi) is 6.27. The molecule has 0 saturated carbocycles. The number of hydrogen-bond acceptors (Lipinski definition) is 4. The van der Waals surface area contributed by atoms with Crippen molar-refractivity contribution in [1.82, 2.24) is 9.78 Å². The number of anilines is 2. The fourth-order valence-corrected chi connectivity index (χ4v) is 2.69. The summed E-state index contributed by atoms with van der Waals surface area (Å²) in [7, 11) is 1.63. The summed E-state index contributed by atoms with van der Waals surface area (Å²) in [5.74, 6) is 1.58. The highest BCUT2D eigenvalue weighted by atomic mass is 32.1. The topological polar surface area (TPSA) is 60.3 Å². The summed E-state index contributed by atoms with van der Waals surface area (Å²) in [5, 5.41) is 11.0. The van der Waals surface area contributed by atoms with Crippen molar-refractivity contribution in [2.75, 3.05) is 17.7 Å². The van der Waals surface area contributed by atoms with Crippen LogP contribution >= 0.6 is 12.2 Å². The highest BCUT2D eigenvalue weighted by molar-refractivity contribution is 7.80. The number of thiocarbonyl (C=S) groups is 1. The molecule has 0 saturated heterocycles. The number of methoxy groups -OCH3 is 1. The zero-order valence-corrected chi connectivity index (χ0v) is 16.1. The summed E-state index contributed by atoms with van der Waals surface area (Å²) in [4.78, 5) is 0. The molecule has 6 nitrogen and oxygen atoms in total. The second-order valence-corrected chi connectivity index (χ2v) is 6.26. The van der Waals surface area contributed by atoms with Crippen molar-refractivity contribution in [3.8, 4) is 11.5 Å². The molecule has 0 amide bonds. The van der Waals surface area contributed by atoms with Crippen LogP contribution in [0.15, 0.2) is 60.9 Å². The van der Waals surface area contributed by atoms with Crippen LogP contribution in [-0.2, 0) is 13.2 Å². The molecular weight excluding hydrogens is 360 g/mol. The third-order valence-corrected chi connectivity index (χ3v) is 4.12. The highest BCUT2D eigenvalue weighted by Gasteiger charge is 2.04. The van der Waals surface area contributed by atoms with Crippen molar-refractivity contribution in [3.05, 3.63) is 66.5 Å². The van der Waals surface area contributed by atoms with Gasteiger partial charge in [-0.05, 0) is 48.5 Å². The maximum Gasteiger partial charge on any atom is 0.180 e. The molecule has 0 bridgehead atoms. The monoisotopic (exact) mass is 382 g/mol. The van der Waals surface area contributed by atoms with E-state index in [4.69, 9.17) is 21.7 Å². The van der Waals surface area contributed by atoms with Crippen LogP contribution in [0.3, 0.4) is 0 Å². The van der Waals surface area contributed by atoms with Crippen LogP contribution in [0.4, 0.5) is 11.4 Å². The Balaban J connectivity index is 1.51. The Morgan fingerprint density at radius 2 is 1.85 bits per heavy atom. The van der Waals surface area contributed by atoms with Crippen LogP contribution < -0.4 is 20.1 Å². The van der Waals surface area contributed by atoms with Crippen LogP contribution in [0.5, 0.6) is 11.5 Å². The van der Waals surface area contributed by atoms with Crippen LogP contribution in [0.25, 0.3) is 0 Å². The SMILES string of the molecule is CCc1ccc(OCn2cc(NC(=S)Nc3cccc(OC)c3)cn2)cc1. The molecule has 0 aliphatic carbocycles. The minimum atomic E-state index is 0.323. The molecule has 1 aromatic heterocycles. The zero-order valence-electron chi connectivity index (χ0n) is 15.3. The summed E-state index contributed by atoms with van der Waals surface area (Å²) in [5.41, 5.74) is 2.91. The van der Waals surface area contributed by atoms with E-state index in [9.17, 15) is 0 Å². The Morgan fingerprint density at radius 1 is 1.07 bits per heavy atom. The van der Waals surface area contributed by atoms with E-state index in [-0.39, 0.29) is 0 Å². The fourth-order valence-electron chi connectivity index (χ4n) is 2.46. The van der Waals surface area contributed by atoms with Gasteiger partial charge >= 0.3 is 0 Å². The molecule has 27 heavy (non-hydrogen) atoms. The molecule has 140 valence electrons. The van der Waals surface area contributed by atoms with Gasteiger partial charge in [-0.15, -0.1) is 0 Å². The summed E-state index contributed by atoms with van der Waals surface area (Å²) in [6.45, 7) is 2.45. The molecule has 1 heterocycles. The summed E-state index contributed by atoms with van der Waals surface area (Å²) in [6.07, 6.45) is 4.54. The molecule has 0 aliphatic rings. The van der Waals surface area contributed by atoms with Crippen molar-refractivity contribution in [2.24, 2.45) is 0 Å². The summed E-state index contributed by atoms with van der Waals surface area (Å²) >= 11 is 5.34. The number of nitrogens with zero attached hydrogens (tertiary/aromatic N) is 2. The molecule has 2 N–H and O–H groups in total. The highest BCUT2D eigenvalue weighted by Crippen LogP contribution is 2.17. The van der Waals surface area contributed by atoms with Gasteiger partial charge in [-0.3, -0.25) is 0 Å². The molecular formula is C20H22N4O2S. The van der Waals surface area contributed by atoms with E-state index < -0.39 is 0 Å². The van der Waals surface area contributed by atoms with Gasteiger partial charge in [0.2, 0.25) is 0 Å². The van der Waals surface area contributed by atoms with Gasteiger partial charge in [0.25, 0.3) is 0 Å². The third-order valence-electron chi connectivity index (χ3n) is 3.91. The number of ether oxygens (including phenoxy) is 2. The van der Waals surface area contributed by atoms with Crippen LogP contribution in [0, 0.1) is 0 Å². The van der Waals surface area contributed by atoms with Crippen molar-refractivity contribution in [3.63, 3.8) is 0 Å². The van der Waals surface area contributed by atoms with Crippen molar-refractivity contribution in [2.45, 2.75) is 20.1 Å². The smallest absolute Gasteiger partial charge is 0.180 e. The summed E-state index contributed by atoms with van der Waals surface area (Å²) < 4.78 is 12.6. The lowest BCUT2D eigenvalue weighted by molar-refractivity contribution is 0.221. The lowest BCUT2D eigenvalue weighted by atomic mass is 10.2. The van der Waals surface area contributed by atoms with E-state index in [0.717, 1.165) is 29.3 Å². The van der Waals surface area contributed by atoms with E-state index in [1.54, 1.807) is 18.0 Å². The van der Waals surface area contributed by atoms with Crippen molar-refractivity contribution >= 4 is 28.7 Å². The predicted octanol–water partition coefficient (Wildman–Crippen LogP) is 4.30. The second kappa shape index (κ2) is 9.05. The van der Waals surface area contributed by atoms with Crippen LogP contribution in [-0.4, -0.2) is 22.0 Å². The van der Waals surface area contributed by atoms with Crippen LogP contribution in [0.2, 0.25) is 0 Å². The number of hydrogen-bond donors (Lipinski definition) is 2. The molecule has 7 heteroatoms. The molecule has 2 aromatic carbocycles. The van der Waals surface area contributed by atoms with E-state index in [0.29, 0.717) is 11.8 Å². The Morgan fingerprint density at radius 3 is 2.59 bits per heavy atom. The Bertz CT molecular complexity index is 893. The maximum absolute atomic E-state index is 5.74. The first kappa shape index (κ1) is 18.7. The first-order valence-electron chi connectivity index (χ1n) is 8.62. The number of benzene rings is 2. The minimum Gasteiger partial charge on any atom is -0.497 e. The Hall–Kier alpha value is -3.06. The van der Waals surface area contributed by atoms with E-state index in [1.165, 1.54) is 5.56 Å². The number of nitrogens with one attached hydrogen (secondary N) is 2. The molecule has 0 spiro atoms. The quantitative estimate of drug-likeness (QED) is 0.594. The molecule has 0 fully saturated rings. The standard InChI is InChI=1S/C20H22N4O2S/c1-3-15-7-9-18(10-8-15)26-14-24-13-17(12-21-24)23-20(27)22-16-5-4-6-19(11-16)25-2/h4-13H,3,14H2,1-2H3,(H2,22,23,27). The van der Waals surface area contributed by atoms with E-state index in [2.05, 4.69) is 34.8 Å². The second-order valence-electron chi connectivity index (χ2n) is 5.85. The van der Waals surface area contributed by atoms with E-state index in [1.807, 2.05) is 42.6 Å². The van der Waals surface area contributed by atoms with Gasteiger partial charge in [0.1, 0.15) is 11.5 Å². The predicted molar refractivity (Wildman–Crippen MR) is 112 cm³/mol. The summed E-state index contributed by atoms with van der Waals surface area (Å²) in [6, 6.07) is 15.6. The molecule has 0 atom stereocenters. The minimum absolute atomic E-state index is 0.323. The van der Waals surface area contributed by atoms with Gasteiger partial charge in [0.15, 0.2) is 11.8 Å². The maximum atomic E-state index is 5.74. The van der Waals surface area contributed by atoms with Gasteiger partial charge in [-0.1, -0.05) is 25.1 Å². The molecule has 3 rings (SSSR count). The first-order chi connectivity index (χ1) is 13.2. The molecule has 3 aromatic rings. The average molecular weight is 382 g/mol. The third kappa shape index (κ3) is 5.46. The van der Waals surface area contributed by atoms with Crippen LogP contribution in [0.1, 0.15) is 12.5 Å². The van der Waals surface area contributed by atoms with Crippen molar-refractivity contribution in [1.29, 1.82) is 0 Å². The van der Waals surface area contributed by atoms with Crippen molar-refractivity contribution < 1.29 is 9.47 Å². The average Bonchev–Trinajstić information content (AvgIpc) is 3.14. The normalized spacial score (nSPS) is 10.3. The Labute approximate surface area is 164 Å². The largest absolute Gasteiger partial charge is 0.497 e. The van der Waals surface area contributed by atoms with Gasteiger partial charge in [0, 0.05) is 11.8 Å². The van der Waals surface area contributed by atoms with Gasteiger partial charge in [-0.25, -0.2) is 4.68 Å². The zero-order chi connectivity index (χ0) is 19.1. The van der Waals surface area contributed by atoms with Gasteiger partial charge in [0.05, 0.1) is 25.2 Å². The lowest BCUT2D eigenvalue weighted by Crippen LogP contribution is -2.18. The molecule has 0 radical (unpaired) electrons. The molecule has 0 unspecified atom stereocenters. The number of aromatic nitrogens is 2. The molecule has 0 aliphatic heterocycles. The lowest BCUT2D eigenvalue weighted by Gasteiger charge is -2.10. The van der Waals surface area contributed by atoms with E-state index >= 15 is 0 Å². The first-order valence-corrected chi connectivity index (χ1v) is 9.03. The fraction of sp³-hybridized carbons (Fsp3) is 0.200. The number of aryl methyl sites for hydroxylation is 1. The van der Waals surface area contributed by atoms with Gasteiger partial charge in [-0.2, -0.15) is 5.10 Å².